The van der Waals surface area contributed by atoms with Gasteiger partial charge in [0.15, 0.2) is 0 Å². The number of aromatic nitrogens is 1. The van der Waals surface area contributed by atoms with E-state index in [0.717, 1.165) is 27.4 Å². The van der Waals surface area contributed by atoms with E-state index < -0.39 is 35.5 Å². The van der Waals surface area contributed by atoms with Crippen LogP contribution in [-0.4, -0.2) is 69.4 Å². The van der Waals surface area contributed by atoms with Crippen molar-refractivity contribution in [2.45, 2.75) is 45.1 Å². The van der Waals surface area contributed by atoms with Gasteiger partial charge in [0, 0.05) is 60.1 Å². The molecule has 3 N–H and O–H groups in total. The SMILES string of the molecule is Cc1[nH]c2c(c1C(=O)N1CC(CC#Cc3ccc4c(c3)C(=O)N(C3CCC(=O)NC3=O)C4=O)C1)CC/C2=C1/C(=O)Nc2ccc(F)cc21. The number of anilines is 1. The summed E-state index contributed by atoms with van der Waals surface area (Å²) in [7, 11) is 0. The van der Waals surface area contributed by atoms with Crippen LogP contribution >= 0.6 is 0 Å². The second-order valence-corrected chi connectivity index (χ2v) is 12.8. The number of amides is 6. The number of H-pyrrole nitrogens is 1. The van der Waals surface area contributed by atoms with Crippen molar-refractivity contribution in [3.63, 3.8) is 0 Å². The molecular formula is C36H28FN5O6. The highest BCUT2D eigenvalue weighted by atomic mass is 19.1. The Morgan fingerprint density at radius 1 is 0.938 bits per heavy atom. The first kappa shape index (κ1) is 29.6. The number of carbonyl (C=O) groups is 6. The van der Waals surface area contributed by atoms with Gasteiger partial charge in [-0.15, -0.1) is 0 Å². The third-order valence-electron chi connectivity index (χ3n) is 9.77. The summed E-state index contributed by atoms with van der Waals surface area (Å²) >= 11 is 0. The number of hydrogen-bond acceptors (Lipinski definition) is 6. The smallest absolute Gasteiger partial charge is 0.262 e. The highest BCUT2D eigenvalue weighted by molar-refractivity contribution is 6.37. The fourth-order valence-corrected chi connectivity index (χ4v) is 7.41. The zero-order valence-corrected chi connectivity index (χ0v) is 25.8. The van der Waals surface area contributed by atoms with Crippen molar-refractivity contribution in [1.29, 1.82) is 0 Å². The van der Waals surface area contributed by atoms with Crippen LogP contribution in [0.1, 0.15) is 84.8 Å². The summed E-state index contributed by atoms with van der Waals surface area (Å²) in [6.45, 7) is 2.92. The molecule has 12 heteroatoms. The van der Waals surface area contributed by atoms with Crippen LogP contribution in [0.2, 0.25) is 0 Å². The molecule has 2 aromatic carbocycles. The Morgan fingerprint density at radius 2 is 1.73 bits per heavy atom. The predicted molar refractivity (Wildman–Crippen MR) is 170 cm³/mol. The van der Waals surface area contributed by atoms with E-state index in [2.05, 4.69) is 27.5 Å². The lowest BCUT2D eigenvalue weighted by Crippen LogP contribution is -2.54. The van der Waals surface area contributed by atoms with E-state index in [1.54, 1.807) is 23.1 Å². The molecule has 1 aromatic heterocycles. The first-order chi connectivity index (χ1) is 23.1. The van der Waals surface area contributed by atoms with Gasteiger partial charge in [-0.1, -0.05) is 11.8 Å². The Kier molecular flexibility index (Phi) is 6.70. The zero-order chi connectivity index (χ0) is 33.4. The maximum absolute atomic E-state index is 14.0. The van der Waals surface area contributed by atoms with Crippen molar-refractivity contribution in [3.8, 4) is 11.8 Å². The van der Waals surface area contributed by atoms with Gasteiger partial charge in [-0.25, -0.2) is 4.39 Å². The number of benzene rings is 2. The molecule has 4 aliphatic heterocycles. The average molecular weight is 646 g/mol. The van der Waals surface area contributed by atoms with E-state index >= 15 is 0 Å². The number of piperidine rings is 1. The Labute approximate surface area is 273 Å². The number of carbonyl (C=O) groups excluding carboxylic acids is 6. The fraction of sp³-hybridized carbons (Fsp3) is 0.278. The molecular weight excluding hydrogens is 617 g/mol. The monoisotopic (exact) mass is 645 g/mol. The molecule has 1 aliphatic carbocycles. The quantitative estimate of drug-likeness (QED) is 0.226. The third kappa shape index (κ3) is 4.57. The number of halogens is 1. The Balaban J connectivity index is 0.926. The molecule has 0 saturated carbocycles. The number of fused-ring (bicyclic) bond motifs is 3. The van der Waals surface area contributed by atoms with Gasteiger partial charge in [0.25, 0.3) is 23.6 Å². The maximum Gasteiger partial charge on any atom is 0.262 e. The van der Waals surface area contributed by atoms with Gasteiger partial charge in [-0.05, 0) is 73.7 Å². The minimum Gasteiger partial charge on any atom is -0.358 e. The topological polar surface area (TPSA) is 149 Å². The third-order valence-corrected chi connectivity index (χ3v) is 9.77. The van der Waals surface area contributed by atoms with Gasteiger partial charge < -0.3 is 15.2 Å². The first-order valence-corrected chi connectivity index (χ1v) is 15.8. The van der Waals surface area contributed by atoms with Crippen LogP contribution in [0.5, 0.6) is 0 Å². The first-order valence-electron chi connectivity index (χ1n) is 15.8. The fourth-order valence-electron chi connectivity index (χ4n) is 7.41. The molecule has 0 spiro atoms. The summed E-state index contributed by atoms with van der Waals surface area (Å²) in [4.78, 5) is 82.4. The number of nitrogens with one attached hydrogen (secondary N) is 3. The van der Waals surface area contributed by atoms with E-state index in [4.69, 9.17) is 0 Å². The van der Waals surface area contributed by atoms with E-state index in [-0.39, 0.29) is 41.7 Å². The number of likely N-dealkylation sites (tertiary alicyclic amines) is 1. The van der Waals surface area contributed by atoms with Crippen molar-refractivity contribution in [2.75, 3.05) is 18.4 Å². The molecule has 2 fully saturated rings. The zero-order valence-electron chi connectivity index (χ0n) is 25.8. The van der Waals surface area contributed by atoms with Crippen molar-refractivity contribution < 1.29 is 33.2 Å². The number of rotatable bonds is 3. The van der Waals surface area contributed by atoms with Crippen LogP contribution in [0.4, 0.5) is 10.1 Å². The summed E-state index contributed by atoms with van der Waals surface area (Å²) in [5.74, 6) is 3.34. The number of allylic oxidation sites excluding steroid dienone is 1. The van der Waals surface area contributed by atoms with Crippen molar-refractivity contribution in [1.82, 2.24) is 20.1 Å². The van der Waals surface area contributed by atoms with E-state index in [1.807, 2.05) is 6.92 Å². The normalized spacial score (nSPS) is 21.4. The van der Waals surface area contributed by atoms with Gasteiger partial charge in [0.1, 0.15) is 11.9 Å². The summed E-state index contributed by atoms with van der Waals surface area (Å²) < 4.78 is 14.0. The lowest BCUT2D eigenvalue weighted by molar-refractivity contribution is -0.136. The van der Waals surface area contributed by atoms with Crippen LogP contribution in [0.15, 0.2) is 36.4 Å². The Hall–Kier alpha value is -5.83. The molecule has 240 valence electrons. The van der Waals surface area contributed by atoms with Crippen LogP contribution < -0.4 is 10.6 Å². The highest BCUT2D eigenvalue weighted by Gasteiger charge is 2.45. The van der Waals surface area contributed by atoms with Crippen molar-refractivity contribution >= 4 is 52.3 Å². The summed E-state index contributed by atoms with van der Waals surface area (Å²) in [6.07, 6.45) is 1.83. The molecule has 8 rings (SSSR count). The van der Waals surface area contributed by atoms with Crippen LogP contribution in [0.3, 0.4) is 0 Å². The van der Waals surface area contributed by atoms with Crippen LogP contribution in [0.25, 0.3) is 11.1 Å². The molecule has 1 unspecified atom stereocenters. The van der Waals surface area contributed by atoms with Crippen molar-refractivity contribution in [2.24, 2.45) is 5.92 Å². The highest BCUT2D eigenvalue weighted by Crippen LogP contribution is 2.44. The Bertz CT molecular complexity index is 2150. The van der Waals surface area contributed by atoms with Gasteiger partial charge in [-0.2, -0.15) is 0 Å². The molecule has 5 aliphatic rings. The second kappa shape index (κ2) is 10.9. The van der Waals surface area contributed by atoms with Gasteiger partial charge in [0.2, 0.25) is 11.8 Å². The van der Waals surface area contributed by atoms with Gasteiger partial charge in [0.05, 0.1) is 22.3 Å². The second-order valence-electron chi connectivity index (χ2n) is 12.8. The van der Waals surface area contributed by atoms with E-state index in [1.165, 1.54) is 18.2 Å². The molecule has 6 amide bonds. The van der Waals surface area contributed by atoms with Gasteiger partial charge in [-0.3, -0.25) is 39.0 Å². The van der Waals surface area contributed by atoms with E-state index in [9.17, 15) is 33.2 Å². The van der Waals surface area contributed by atoms with E-state index in [0.29, 0.717) is 60.3 Å². The maximum atomic E-state index is 14.0. The molecule has 2 saturated heterocycles. The molecule has 48 heavy (non-hydrogen) atoms. The molecule has 0 radical (unpaired) electrons. The van der Waals surface area contributed by atoms with Crippen LogP contribution in [-0.2, 0) is 20.8 Å². The number of imide groups is 2. The molecule has 1 atom stereocenters. The summed E-state index contributed by atoms with van der Waals surface area (Å²) in [5, 5.41) is 5.00. The number of aromatic amines is 1. The minimum atomic E-state index is -1.03. The van der Waals surface area contributed by atoms with Crippen molar-refractivity contribution in [3.05, 3.63) is 87.0 Å². The lowest BCUT2D eigenvalue weighted by Gasteiger charge is -2.38. The molecule has 5 heterocycles. The predicted octanol–water partition coefficient (Wildman–Crippen LogP) is 3.19. The summed E-state index contributed by atoms with van der Waals surface area (Å²) in [5.41, 5.74) is 6.24. The molecule has 0 bridgehead atoms. The van der Waals surface area contributed by atoms with Gasteiger partial charge >= 0.3 is 0 Å². The number of aryl methyl sites for hydroxylation is 1. The standard InChI is InChI=1S/C36H28FN5O6/c1-17-29(22-8-9-23(31(22)38-17)30-25-14-20(37)6-10-26(25)39-33(30)45)36(48)41-15-19(16-41)4-2-3-18-5-7-21-24(13-18)35(47)42(34(21)46)27-11-12-28(43)40-32(27)44/h5-7,10,13-14,19,27,38H,4,8-9,11-12,15-16H2,1H3,(H,39,45)(H,40,43,44)/b30-23-. The summed E-state index contributed by atoms with van der Waals surface area (Å²) in [6, 6.07) is 7.94. The molecule has 3 aromatic rings. The number of nitrogens with zero attached hydrogens (tertiary/aromatic N) is 2. The lowest BCUT2D eigenvalue weighted by atomic mass is 9.94. The minimum absolute atomic E-state index is 0.0512. The molecule has 11 nitrogen and oxygen atoms in total. The Morgan fingerprint density at radius 3 is 2.52 bits per heavy atom. The van der Waals surface area contributed by atoms with Crippen LogP contribution in [0, 0.1) is 30.5 Å². The number of hydrogen-bond donors (Lipinski definition) is 3. The largest absolute Gasteiger partial charge is 0.358 e. The average Bonchev–Trinajstić information content (AvgIpc) is 3.73.